The number of hydrogen-bond donors (Lipinski definition) is 0. The summed E-state index contributed by atoms with van der Waals surface area (Å²) < 4.78 is 0. The maximum absolute atomic E-state index is 5.50. The highest BCUT2D eigenvalue weighted by molar-refractivity contribution is 6.59. The third-order valence-electron chi connectivity index (χ3n) is 2.78. The first-order chi connectivity index (χ1) is 6.49. The third kappa shape index (κ3) is 3.13. The third-order valence-corrected chi connectivity index (χ3v) is 2.78. The summed E-state index contributed by atoms with van der Waals surface area (Å²) in [6, 6.07) is 0. The number of likely N-dealkylation sites (tertiary alicyclic amines) is 1. The molecule has 0 spiro atoms. The summed E-state index contributed by atoms with van der Waals surface area (Å²) >= 11 is 0. The van der Waals surface area contributed by atoms with Gasteiger partial charge < -0.3 is 4.90 Å². The summed E-state index contributed by atoms with van der Waals surface area (Å²) in [6.07, 6.45) is 1.35. The molecule has 1 aliphatic heterocycles. The van der Waals surface area contributed by atoms with Gasteiger partial charge in [0.25, 0.3) is 0 Å². The molecule has 68 valence electrons. The van der Waals surface area contributed by atoms with Crippen LogP contribution < -0.4 is 0 Å². The van der Waals surface area contributed by atoms with Crippen LogP contribution in [0.3, 0.4) is 0 Å². The van der Waals surface area contributed by atoms with E-state index < -0.39 is 5.24 Å². The predicted octanol–water partition coefficient (Wildman–Crippen LogP) is 0.0845. The second-order valence-corrected chi connectivity index (χ2v) is 4.05. The molecule has 0 amide bonds. The largest absolute Gasteiger partial charge is 0.322 e. The molecular formula is C10H14B3N. The van der Waals surface area contributed by atoms with Crippen molar-refractivity contribution in [2.24, 2.45) is 11.8 Å². The summed E-state index contributed by atoms with van der Waals surface area (Å²) in [5, 5.41) is -1.08. The fraction of sp³-hybridized carbons (Fsp3) is 0.800. The molecule has 0 aromatic heterocycles. The first-order valence-corrected chi connectivity index (χ1v) is 4.94. The Morgan fingerprint density at radius 3 is 1.71 bits per heavy atom. The van der Waals surface area contributed by atoms with Crippen LogP contribution in [0.5, 0.6) is 0 Å². The van der Waals surface area contributed by atoms with Crippen molar-refractivity contribution < 1.29 is 0 Å². The van der Waals surface area contributed by atoms with Gasteiger partial charge in [-0.15, -0.1) is 11.8 Å². The van der Waals surface area contributed by atoms with Crippen molar-refractivity contribution in [2.75, 3.05) is 13.1 Å². The van der Waals surface area contributed by atoms with Gasteiger partial charge in [0.05, 0.1) is 23.5 Å². The van der Waals surface area contributed by atoms with Gasteiger partial charge in [-0.1, -0.05) is 5.24 Å². The quantitative estimate of drug-likeness (QED) is 0.408. The van der Waals surface area contributed by atoms with E-state index in [2.05, 4.69) is 11.8 Å². The summed E-state index contributed by atoms with van der Waals surface area (Å²) in [5.41, 5.74) is 0. The van der Waals surface area contributed by atoms with Crippen LogP contribution in [0.2, 0.25) is 0 Å². The van der Waals surface area contributed by atoms with E-state index in [4.69, 9.17) is 23.5 Å². The van der Waals surface area contributed by atoms with Crippen molar-refractivity contribution >= 4 is 23.5 Å². The molecule has 0 N–H and O–H groups in total. The van der Waals surface area contributed by atoms with E-state index in [9.17, 15) is 0 Å². The summed E-state index contributed by atoms with van der Waals surface area (Å²) in [4.78, 5) is 1.95. The van der Waals surface area contributed by atoms with Crippen molar-refractivity contribution in [3.63, 3.8) is 0 Å². The Balaban J connectivity index is 0.000000213. The van der Waals surface area contributed by atoms with E-state index in [0.717, 1.165) is 24.9 Å². The molecule has 4 heteroatoms. The number of nitrogens with zero attached hydrogens (tertiary/aromatic N) is 1. The minimum atomic E-state index is -1.08. The van der Waals surface area contributed by atoms with Gasteiger partial charge in [0.1, 0.15) is 0 Å². The molecule has 1 aliphatic carbocycles. The van der Waals surface area contributed by atoms with Crippen LogP contribution in [0.15, 0.2) is 0 Å². The van der Waals surface area contributed by atoms with Crippen molar-refractivity contribution in [2.45, 2.75) is 25.5 Å². The fourth-order valence-corrected chi connectivity index (χ4v) is 1.71. The molecule has 0 aromatic rings. The molecule has 0 bridgehead atoms. The van der Waals surface area contributed by atoms with Crippen LogP contribution in [0.25, 0.3) is 0 Å². The monoisotopic (exact) mass is 181 g/mol. The lowest BCUT2D eigenvalue weighted by Gasteiger charge is -2.34. The average Bonchev–Trinajstić information content (AvgIpc) is 2.72. The van der Waals surface area contributed by atoms with E-state index in [1.807, 2.05) is 18.7 Å². The van der Waals surface area contributed by atoms with Gasteiger partial charge in [-0.05, 0) is 45.2 Å². The minimum absolute atomic E-state index is 0.843. The Labute approximate surface area is 91.2 Å². The number of piperidine rings is 1. The highest BCUT2D eigenvalue weighted by Crippen LogP contribution is 2.45. The maximum atomic E-state index is 5.50. The SMILES string of the molecule is CC#CC.[B]C([B])([B])N1CC2CC2C1. The molecule has 1 saturated carbocycles. The average molecular weight is 181 g/mol. The normalized spacial score (nSPS) is 29.3. The maximum Gasteiger partial charge on any atom is 0.0698 e. The van der Waals surface area contributed by atoms with Gasteiger partial charge in [-0.25, -0.2) is 0 Å². The van der Waals surface area contributed by atoms with Gasteiger partial charge in [0.2, 0.25) is 0 Å². The van der Waals surface area contributed by atoms with Crippen molar-refractivity contribution in [1.29, 1.82) is 0 Å². The van der Waals surface area contributed by atoms with E-state index in [-0.39, 0.29) is 0 Å². The Kier molecular flexibility index (Phi) is 3.78. The zero-order chi connectivity index (χ0) is 10.8. The number of rotatable bonds is 1. The molecule has 2 fully saturated rings. The van der Waals surface area contributed by atoms with E-state index in [1.165, 1.54) is 6.42 Å². The number of fused-ring (bicyclic) bond motifs is 1. The Bertz CT molecular complexity index is 232. The first kappa shape index (κ1) is 11.8. The van der Waals surface area contributed by atoms with Crippen LogP contribution in [0, 0.1) is 23.7 Å². The van der Waals surface area contributed by atoms with E-state index >= 15 is 0 Å². The molecule has 0 aromatic carbocycles. The van der Waals surface area contributed by atoms with Gasteiger partial charge >= 0.3 is 0 Å². The topological polar surface area (TPSA) is 3.24 Å². The Morgan fingerprint density at radius 2 is 1.50 bits per heavy atom. The molecular weight excluding hydrogens is 167 g/mol. The lowest BCUT2D eigenvalue weighted by molar-refractivity contribution is 0.306. The first-order valence-electron chi connectivity index (χ1n) is 4.94. The summed E-state index contributed by atoms with van der Waals surface area (Å²) in [6.45, 7) is 5.63. The smallest absolute Gasteiger partial charge is 0.0698 e. The van der Waals surface area contributed by atoms with Crippen LogP contribution >= 0.6 is 0 Å². The highest BCUT2D eigenvalue weighted by Gasteiger charge is 2.46. The van der Waals surface area contributed by atoms with Crippen LogP contribution in [-0.4, -0.2) is 46.8 Å². The Morgan fingerprint density at radius 1 is 1.07 bits per heavy atom. The lowest BCUT2D eigenvalue weighted by atomic mass is 9.48. The highest BCUT2D eigenvalue weighted by atomic mass is 15.2. The molecule has 2 unspecified atom stereocenters. The van der Waals surface area contributed by atoms with Crippen LogP contribution in [0.4, 0.5) is 0 Å². The molecule has 2 rings (SSSR count). The summed E-state index contributed by atoms with van der Waals surface area (Å²) in [5.74, 6) is 7.05. The molecule has 2 aliphatic rings. The van der Waals surface area contributed by atoms with Gasteiger partial charge in [0.15, 0.2) is 0 Å². The van der Waals surface area contributed by atoms with E-state index in [0.29, 0.717) is 0 Å². The predicted molar refractivity (Wildman–Crippen MR) is 62.3 cm³/mol. The lowest BCUT2D eigenvalue weighted by Crippen LogP contribution is -2.50. The standard InChI is InChI=1S/C6H8B3N.C4H6/c7-6(8,9)10-2-4-1-5(4)3-10;1-3-4-2/h4-5H,1-3H2;1-2H3. The van der Waals surface area contributed by atoms with Gasteiger partial charge in [-0.3, -0.25) is 0 Å². The van der Waals surface area contributed by atoms with Crippen molar-refractivity contribution in [1.82, 2.24) is 4.90 Å². The van der Waals surface area contributed by atoms with Crippen molar-refractivity contribution in [3.8, 4) is 11.8 Å². The molecule has 1 heterocycles. The van der Waals surface area contributed by atoms with Crippen LogP contribution in [0.1, 0.15) is 20.3 Å². The molecule has 2 atom stereocenters. The summed E-state index contributed by atoms with van der Waals surface area (Å²) in [7, 11) is 16.5. The van der Waals surface area contributed by atoms with Crippen molar-refractivity contribution in [3.05, 3.63) is 0 Å². The second-order valence-electron chi connectivity index (χ2n) is 4.05. The molecule has 1 nitrogen and oxygen atoms in total. The minimum Gasteiger partial charge on any atom is -0.322 e. The fourth-order valence-electron chi connectivity index (χ4n) is 1.71. The second kappa shape index (κ2) is 4.49. The van der Waals surface area contributed by atoms with E-state index in [1.54, 1.807) is 0 Å². The van der Waals surface area contributed by atoms with Gasteiger partial charge in [-0.2, -0.15) is 0 Å². The molecule has 14 heavy (non-hydrogen) atoms. The Hall–Kier alpha value is -0.285. The zero-order valence-corrected chi connectivity index (χ0v) is 8.96. The molecule has 1 saturated heterocycles. The van der Waals surface area contributed by atoms with Crippen LogP contribution in [-0.2, 0) is 0 Å². The zero-order valence-electron chi connectivity index (χ0n) is 8.96. The number of hydrogen-bond acceptors (Lipinski definition) is 1. The molecule has 6 radical (unpaired) electrons. The van der Waals surface area contributed by atoms with Gasteiger partial charge in [0, 0.05) is 0 Å².